The zero-order valence-electron chi connectivity index (χ0n) is 16.0. The summed E-state index contributed by atoms with van der Waals surface area (Å²) < 4.78 is 0. The van der Waals surface area contributed by atoms with Crippen LogP contribution in [0.2, 0.25) is 5.02 Å². The monoisotopic (exact) mass is 405 g/mol. The molecule has 146 valence electrons. The number of hydrogen-bond acceptors (Lipinski definition) is 4. The Kier molecular flexibility index (Phi) is 7.30. The first-order valence-corrected chi connectivity index (χ1v) is 10.8. The van der Waals surface area contributed by atoms with E-state index in [4.69, 9.17) is 11.6 Å². The van der Waals surface area contributed by atoms with Gasteiger partial charge in [-0.15, -0.1) is 11.3 Å². The highest BCUT2D eigenvalue weighted by atomic mass is 35.5. The summed E-state index contributed by atoms with van der Waals surface area (Å²) in [4.78, 5) is 18.5. The van der Waals surface area contributed by atoms with E-state index in [9.17, 15) is 4.79 Å². The van der Waals surface area contributed by atoms with Gasteiger partial charge in [0.25, 0.3) is 0 Å². The molecule has 1 saturated heterocycles. The number of nitrogens with zero attached hydrogens (tertiary/aromatic N) is 2. The van der Waals surface area contributed by atoms with Crippen LogP contribution in [0.5, 0.6) is 0 Å². The average Bonchev–Trinajstić information content (AvgIpc) is 3.21. The fourth-order valence-corrected chi connectivity index (χ4v) is 4.60. The third-order valence-corrected chi connectivity index (χ3v) is 6.71. The molecule has 0 saturated carbocycles. The van der Waals surface area contributed by atoms with Gasteiger partial charge < -0.3 is 5.32 Å². The van der Waals surface area contributed by atoms with Crippen LogP contribution in [0.3, 0.4) is 0 Å². The quantitative estimate of drug-likeness (QED) is 0.760. The summed E-state index contributed by atoms with van der Waals surface area (Å²) in [6, 6.07) is 12.4. The Morgan fingerprint density at radius 1 is 1.11 bits per heavy atom. The maximum Gasteiger partial charge on any atom is 0.237 e. The molecule has 3 rings (SSSR count). The predicted octanol–water partition coefficient (Wildman–Crippen LogP) is 3.83. The van der Waals surface area contributed by atoms with Gasteiger partial charge in [0.05, 0.1) is 6.04 Å². The van der Waals surface area contributed by atoms with Crippen LogP contribution in [0.1, 0.15) is 30.3 Å². The first-order chi connectivity index (χ1) is 13.1. The SMILES string of the molecule is CC(C(=O)NCCc1cccs1)N1CCN(C(C)c2ccccc2Cl)CC1. The zero-order valence-corrected chi connectivity index (χ0v) is 17.6. The number of halogens is 1. The van der Waals surface area contributed by atoms with Crippen LogP contribution in [-0.2, 0) is 11.2 Å². The lowest BCUT2D eigenvalue weighted by Gasteiger charge is -2.40. The Hall–Kier alpha value is -1.40. The molecule has 1 N–H and O–H groups in total. The van der Waals surface area contributed by atoms with E-state index in [1.54, 1.807) is 11.3 Å². The van der Waals surface area contributed by atoms with Crippen LogP contribution in [-0.4, -0.2) is 54.5 Å². The summed E-state index contributed by atoms with van der Waals surface area (Å²) in [5, 5.41) is 5.98. The van der Waals surface area contributed by atoms with Crippen molar-refractivity contribution < 1.29 is 4.79 Å². The summed E-state index contributed by atoms with van der Waals surface area (Å²) >= 11 is 8.09. The molecule has 4 nitrogen and oxygen atoms in total. The normalized spacial score (nSPS) is 18.2. The molecule has 27 heavy (non-hydrogen) atoms. The molecule has 6 heteroatoms. The van der Waals surface area contributed by atoms with Crippen LogP contribution in [0.15, 0.2) is 41.8 Å². The second-order valence-electron chi connectivity index (χ2n) is 7.07. The molecule has 1 aliphatic heterocycles. The van der Waals surface area contributed by atoms with E-state index in [0.717, 1.165) is 37.6 Å². The molecule has 1 fully saturated rings. The number of rotatable bonds is 7. The van der Waals surface area contributed by atoms with Crippen molar-refractivity contribution in [3.05, 3.63) is 57.2 Å². The van der Waals surface area contributed by atoms with Gasteiger partial charge in [-0.05, 0) is 43.3 Å². The second-order valence-corrected chi connectivity index (χ2v) is 8.51. The van der Waals surface area contributed by atoms with E-state index >= 15 is 0 Å². The molecule has 0 bridgehead atoms. The zero-order chi connectivity index (χ0) is 19.2. The topological polar surface area (TPSA) is 35.6 Å². The van der Waals surface area contributed by atoms with Gasteiger partial charge in [0.15, 0.2) is 0 Å². The van der Waals surface area contributed by atoms with Gasteiger partial charge in [-0.25, -0.2) is 0 Å². The molecule has 2 heterocycles. The molecule has 2 aromatic rings. The summed E-state index contributed by atoms with van der Waals surface area (Å²) in [6.45, 7) is 8.60. The molecular formula is C21H28ClN3OS. The van der Waals surface area contributed by atoms with Crippen LogP contribution in [0.4, 0.5) is 0 Å². The van der Waals surface area contributed by atoms with Gasteiger partial charge in [-0.1, -0.05) is 35.9 Å². The summed E-state index contributed by atoms with van der Waals surface area (Å²) in [5.74, 6) is 0.124. The van der Waals surface area contributed by atoms with Gasteiger partial charge in [-0.3, -0.25) is 14.6 Å². The summed E-state index contributed by atoms with van der Waals surface area (Å²) in [7, 11) is 0. The van der Waals surface area contributed by atoms with Crippen molar-refractivity contribution in [2.45, 2.75) is 32.4 Å². The minimum absolute atomic E-state index is 0.0916. The first kappa shape index (κ1) is 20.3. The molecule has 0 aliphatic carbocycles. The average molecular weight is 406 g/mol. The largest absolute Gasteiger partial charge is 0.354 e. The minimum Gasteiger partial charge on any atom is -0.354 e. The van der Waals surface area contributed by atoms with Crippen molar-refractivity contribution >= 4 is 28.8 Å². The number of carbonyl (C=O) groups excluding carboxylic acids is 1. The van der Waals surface area contributed by atoms with E-state index in [0.29, 0.717) is 6.54 Å². The van der Waals surface area contributed by atoms with E-state index in [1.807, 2.05) is 31.2 Å². The molecule has 2 unspecified atom stereocenters. The second kappa shape index (κ2) is 9.69. The number of thiophene rings is 1. The molecule has 0 spiro atoms. The van der Waals surface area contributed by atoms with Crippen molar-refractivity contribution in [2.24, 2.45) is 0 Å². The molecule has 0 radical (unpaired) electrons. The number of amides is 1. The lowest BCUT2D eigenvalue weighted by Crippen LogP contribution is -2.54. The third-order valence-electron chi connectivity index (χ3n) is 5.43. The smallest absolute Gasteiger partial charge is 0.237 e. The fraction of sp³-hybridized carbons (Fsp3) is 0.476. The van der Waals surface area contributed by atoms with Crippen LogP contribution < -0.4 is 5.32 Å². The molecule has 1 amide bonds. The molecular weight excluding hydrogens is 378 g/mol. The highest BCUT2D eigenvalue weighted by molar-refractivity contribution is 7.09. The van der Waals surface area contributed by atoms with Gasteiger partial charge in [-0.2, -0.15) is 0 Å². The molecule has 2 atom stereocenters. The molecule has 1 aliphatic rings. The van der Waals surface area contributed by atoms with Gasteiger partial charge in [0, 0.05) is 48.7 Å². The highest BCUT2D eigenvalue weighted by Gasteiger charge is 2.28. The maximum atomic E-state index is 12.5. The number of nitrogens with one attached hydrogen (secondary N) is 1. The Bertz CT molecular complexity index is 729. The van der Waals surface area contributed by atoms with Crippen LogP contribution in [0, 0.1) is 0 Å². The Balaban J connectivity index is 1.45. The number of hydrogen-bond donors (Lipinski definition) is 1. The third kappa shape index (κ3) is 5.32. The van der Waals surface area contributed by atoms with Crippen molar-refractivity contribution in [1.82, 2.24) is 15.1 Å². The van der Waals surface area contributed by atoms with Gasteiger partial charge in [0.2, 0.25) is 5.91 Å². The Morgan fingerprint density at radius 2 is 1.81 bits per heavy atom. The van der Waals surface area contributed by atoms with Gasteiger partial charge in [0.1, 0.15) is 0 Å². The minimum atomic E-state index is -0.0916. The van der Waals surface area contributed by atoms with Gasteiger partial charge >= 0.3 is 0 Å². The number of benzene rings is 1. The van der Waals surface area contributed by atoms with Crippen molar-refractivity contribution in [3.63, 3.8) is 0 Å². The highest BCUT2D eigenvalue weighted by Crippen LogP contribution is 2.28. The Morgan fingerprint density at radius 3 is 2.48 bits per heavy atom. The maximum absolute atomic E-state index is 12.5. The number of piperazine rings is 1. The lowest BCUT2D eigenvalue weighted by molar-refractivity contribution is -0.126. The lowest BCUT2D eigenvalue weighted by atomic mass is 10.1. The standard InChI is InChI=1S/C21H28ClN3OS/c1-16(19-7-3-4-8-20(19)22)24-11-13-25(14-12-24)17(2)21(26)23-10-9-18-6-5-15-27-18/h3-8,15-17H,9-14H2,1-2H3,(H,23,26). The van der Waals surface area contributed by atoms with Crippen LogP contribution >= 0.6 is 22.9 Å². The Labute approximate surface area is 171 Å². The molecule has 1 aromatic carbocycles. The van der Waals surface area contributed by atoms with E-state index in [2.05, 4.69) is 39.6 Å². The first-order valence-electron chi connectivity index (χ1n) is 9.59. The summed E-state index contributed by atoms with van der Waals surface area (Å²) in [6.07, 6.45) is 0.902. The van der Waals surface area contributed by atoms with E-state index in [-0.39, 0.29) is 18.0 Å². The van der Waals surface area contributed by atoms with Crippen molar-refractivity contribution in [3.8, 4) is 0 Å². The van der Waals surface area contributed by atoms with E-state index < -0.39 is 0 Å². The van der Waals surface area contributed by atoms with Crippen LogP contribution in [0.25, 0.3) is 0 Å². The molecule has 1 aromatic heterocycles. The number of carbonyl (C=O) groups is 1. The fourth-order valence-electron chi connectivity index (χ4n) is 3.60. The van der Waals surface area contributed by atoms with Crippen molar-refractivity contribution in [1.29, 1.82) is 0 Å². The van der Waals surface area contributed by atoms with E-state index in [1.165, 1.54) is 10.4 Å². The predicted molar refractivity (Wildman–Crippen MR) is 114 cm³/mol. The summed E-state index contributed by atoms with van der Waals surface area (Å²) in [5.41, 5.74) is 1.17. The van der Waals surface area contributed by atoms with Crippen molar-refractivity contribution in [2.75, 3.05) is 32.7 Å².